The Morgan fingerprint density at radius 1 is 1.30 bits per heavy atom. The maximum absolute atomic E-state index is 11.8. The van der Waals surface area contributed by atoms with E-state index in [9.17, 15) is 9.59 Å². The molecule has 0 aliphatic heterocycles. The van der Waals surface area contributed by atoms with Crippen LogP contribution >= 0.6 is 39.1 Å². The highest BCUT2D eigenvalue weighted by atomic mass is 79.9. The van der Waals surface area contributed by atoms with E-state index in [1.165, 1.54) is 26.0 Å². The topological polar surface area (TPSA) is 52.6 Å². The van der Waals surface area contributed by atoms with E-state index in [0.29, 0.717) is 4.47 Å². The summed E-state index contributed by atoms with van der Waals surface area (Å²) in [6.07, 6.45) is -1.10. The quantitative estimate of drug-likeness (QED) is 0.446. The van der Waals surface area contributed by atoms with E-state index in [-0.39, 0.29) is 21.4 Å². The highest BCUT2D eigenvalue weighted by molar-refractivity contribution is 9.10. The zero-order valence-electron chi connectivity index (χ0n) is 10.7. The second-order valence-electron chi connectivity index (χ2n) is 3.95. The van der Waals surface area contributed by atoms with Crippen LogP contribution in [0.4, 0.5) is 0 Å². The number of benzene rings is 1. The molecule has 0 N–H and O–H groups in total. The third kappa shape index (κ3) is 4.51. The lowest BCUT2D eigenvalue weighted by molar-refractivity contribution is -0.158. The smallest absolute Gasteiger partial charge is 0.352 e. The number of carbonyl (C=O) groups excluding carboxylic acids is 2. The predicted octanol–water partition coefficient (Wildman–Crippen LogP) is 4.17. The van der Waals surface area contributed by atoms with Gasteiger partial charge in [-0.05, 0) is 26.0 Å². The van der Waals surface area contributed by atoms with E-state index in [1.54, 1.807) is 0 Å². The lowest BCUT2D eigenvalue weighted by Gasteiger charge is -2.14. The number of carbonyl (C=O) groups is 2. The number of rotatable bonds is 4. The number of hydrogen-bond acceptors (Lipinski definition) is 4. The van der Waals surface area contributed by atoms with Crippen LogP contribution in [0.3, 0.4) is 0 Å². The Balaban J connectivity index is 2.81. The van der Waals surface area contributed by atoms with Gasteiger partial charge in [-0.3, -0.25) is 0 Å². The molecule has 20 heavy (non-hydrogen) atoms. The Bertz CT molecular complexity index is 548. The first kappa shape index (κ1) is 17.0. The molecule has 0 aliphatic carbocycles. The molecule has 108 valence electrons. The zero-order chi connectivity index (χ0) is 15.4. The summed E-state index contributed by atoms with van der Waals surface area (Å²) in [4.78, 5) is 23.1. The second-order valence-corrected chi connectivity index (χ2v) is 5.68. The van der Waals surface area contributed by atoms with Gasteiger partial charge in [0, 0.05) is 10.0 Å². The van der Waals surface area contributed by atoms with Crippen molar-refractivity contribution in [3.05, 3.63) is 38.8 Å². The Labute approximate surface area is 134 Å². The van der Waals surface area contributed by atoms with Crippen molar-refractivity contribution in [1.29, 1.82) is 0 Å². The molecular weight excluding hydrogens is 371 g/mol. The molecule has 0 saturated carbocycles. The molecule has 0 spiro atoms. The van der Waals surface area contributed by atoms with Gasteiger partial charge in [0.15, 0.2) is 11.9 Å². The van der Waals surface area contributed by atoms with Crippen LogP contribution in [0.2, 0.25) is 10.0 Å². The van der Waals surface area contributed by atoms with Crippen LogP contribution in [-0.4, -0.2) is 18.0 Å². The Hall–Kier alpha value is -1.04. The molecule has 1 unspecified atom stereocenters. The average molecular weight is 382 g/mol. The Morgan fingerprint density at radius 2 is 1.80 bits per heavy atom. The zero-order valence-corrected chi connectivity index (χ0v) is 13.8. The van der Waals surface area contributed by atoms with Crippen LogP contribution in [0.15, 0.2) is 28.8 Å². The molecule has 0 bridgehead atoms. The Kier molecular flexibility index (Phi) is 6.05. The molecule has 0 fully saturated rings. The molecule has 0 radical (unpaired) electrons. The maximum atomic E-state index is 11.8. The first-order valence-corrected chi connectivity index (χ1v) is 7.00. The molecule has 7 heteroatoms. The largest absolute Gasteiger partial charge is 0.447 e. The summed E-state index contributed by atoms with van der Waals surface area (Å²) in [6, 6.07) is 3.06. The fraction of sp³-hybridized carbons (Fsp3) is 0.231. The van der Waals surface area contributed by atoms with Crippen LogP contribution in [-0.2, 0) is 14.3 Å². The molecule has 1 aromatic rings. The molecule has 4 nitrogen and oxygen atoms in total. The van der Waals surface area contributed by atoms with E-state index >= 15 is 0 Å². The van der Waals surface area contributed by atoms with Crippen LogP contribution in [0.25, 0.3) is 0 Å². The van der Waals surface area contributed by atoms with E-state index < -0.39 is 18.0 Å². The highest BCUT2D eigenvalue weighted by Gasteiger charge is 2.22. The normalized spacial score (nSPS) is 11.7. The van der Waals surface area contributed by atoms with Gasteiger partial charge in [-0.25, -0.2) is 9.59 Å². The summed E-state index contributed by atoms with van der Waals surface area (Å²) in [5.74, 6) is -1.45. The molecule has 1 aromatic carbocycles. The van der Waals surface area contributed by atoms with Crippen molar-refractivity contribution in [1.82, 2.24) is 0 Å². The number of halogens is 3. The summed E-state index contributed by atoms with van der Waals surface area (Å²) in [7, 11) is 0. The molecule has 0 saturated heterocycles. The van der Waals surface area contributed by atoms with E-state index in [2.05, 4.69) is 22.5 Å². The fourth-order valence-corrected chi connectivity index (χ4v) is 2.40. The molecule has 0 heterocycles. The van der Waals surface area contributed by atoms with Gasteiger partial charge < -0.3 is 9.47 Å². The molecule has 0 aromatic heterocycles. The summed E-state index contributed by atoms with van der Waals surface area (Å²) >= 11 is 15.1. The van der Waals surface area contributed by atoms with Crippen LogP contribution in [0.1, 0.15) is 13.8 Å². The predicted molar refractivity (Wildman–Crippen MR) is 80.2 cm³/mol. The van der Waals surface area contributed by atoms with Crippen molar-refractivity contribution < 1.29 is 19.1 Å². The van der Waals surface area contributed by atoms with E-state index in [4.69, 9.17) is 32.7 Å². The summed E-state index contributed by atoms with van der Waals surface area (Å²) < 4.78 is 10.5. The molecule has 0 amide bonds. The van der Waals surface area contributed by atoms with E-state index in [0.717, 1.165) is 0 Å². The standard InChI is InChI=1S/C13H11BrCl2O4/c1-6(2)12(17)19-7(3)13(18)20-11-9(15)4-8(14)5-10(11)16/h4-5,7H,1H2,2-3H3. The SMILES string of the molecule is C=C(C)C(=O)OC(C)C(=O)Oc1c(Cl)cc(Br)cc1Cl. The summed E-state index contributed by atoms with van der Waals surface area (Å²) in [6.45, 7) is 6.27. The lowest BCUT2D eigenvalue weighted by atomic mass is 10.3. The lowest BCUT2D eigenvalue weighted by Crippen LogP contribution is -2.28. The summed E-state index contributed by atoms with van der Waals surface area (Å²) in [5.41, 5.74) is 0.185. The summed E-state index contributed by atoms with van der Waals surface area (Å²) in [5, 5.41) is 0.326. The van der Waals surface area contributed by atoms with Gasteiger partial charge in [0.05, 0.1) is 10.0 Å². The van der Waals surface area contributed by atoms with Crippen molar-refractivity contribution in [2.24, 2.45) is 0 Å². The number of hydrogen-bond donors (Lipinski definition) is 0. The van der Waals surface area contributed by atoms with Crippen LogP contribution < -0.4 is 4.74 Å². The molecule has 1 atom stereocenters. The third-order valence-corrected chi connectivity index (χ3v) is 3.15. The van der Waals surface area contributed by atoms with Crippen molar-refractivity contribution in [2.45, 2.75) is 20.0 Å². The second kappa shape index (κ2) is 7.11. The molecular formula is C13H11BrCl2O4. The average Bonchev–Trinajstić information content (AvgIpc) is 2.32. The van der Waals surface area contributed by atoms with Gasteiger partial charge in [-0.2, -0.15) is 0 Å². The van der Waals surface area contributed by atoms with Gasteiger partial charge in [0.25, 0.3) is 0 Å². The Morgan fingerprint density at radius 3 is 2.25 bits per heavy atom. The molecule has 0 aliphatic rings. The maximum Gasteiger partial charge on any atom is 0.352 e. The third-order valence-electron chi connectivity index (χ3n) is 2.13. The van der Waals surface area contributed by atoms with Crippen LogP contribution in [0, 0.1) is 0 Å². The van der Waals surface area contributed by atoms with Gasteiger partial charge in [0.1, 0.15) is 0 Å². The number of ether oxygens (including phenoxy) is 2. The minimum Gasteiger partial charge on any atom is -0.447 e. The van der Waals surface area contributed by atoms with Gasteiger partial charge in [-0.15, -0.1) is 0 Å². The minimum absolute atomic E-state index is 0.0137. The van der Waals surface area contributed by atoms with Crippen LogP contribution in [0.5, 0.6) is 5.75 Å². The first-order valence-electron chi connectivity index (χ1n) is 5.45. The van der Waals surface area contributed by atoms with Crippen molar-refractivity contribution in [3.8, 4) is 5.75 Å². The van der Waals surface area contributed by atoms with Gasteiger partial charge in [-0.1, -0.05) is 45.7 Å². The molecule has 1 rings (SSSR count). The van der Waals surface area contributed by atoms with Crippen molar-refractivity contribution in [3.63, 3.8) is 0 Å². The first-order chi connectivity index (χ1) is 9.22. The minimum atomic E-state index is -1.10. The highest BCUT2D eigenvalue weighted by Crippen LogP contribution is 2.36. The number of esters is 2. The van der Waals surface area contributed by atoms with E-state index in [1.807, 2.05) is 0 Å². The van der Waals surface area contributed by atoms with Gasteiger partial charge in [0.2, 0.25) is 0 Å². The van der Waals surface area contributed by atoms with Crippen molar-refractivity contribution in [2.75, 3.05) is 0 Å². The van der Waals surface area contributed by atoms with Crippen molar-refractivity contribution >= 4 is 51.1 Å². The fourth-order valence-electron chi connectivity index (χ4n) is 1.12. The monoisotopic (exact) mass is 380 g/mol. The van der Waals surface area contributed by atoms with Gasteiger partial charge >= 0.3 is 11.9 Å².